The molecule has 0 spiro atoms. The maximum absolute atomic E-state index is 13.9. The van der Waals surface area contributed by atoms with Gasteiger partial charge < -0.3 is 0 Å². The second-order valence-corrected chi connectivity index (χ2v) is 4.39. The Balaban J connectivity index is 2.66. The Labute approximate surface area is 95.3 Å². The molecule has 0 N–H and O–H groups in total. The maximum atomic E-state index is 13.9. The molecule has 2 aromatic rings. The van der Waals surface area contributed by atoms with Gasteiger partial charge in [-0.25, -0.2) is 4.39 Å². The molecule has 84 valence electrons. The Kier molecular flexibility index (Phi) is 2.90. The van der Waals surface area contributed by atoms with E-state index >= 15 is 0 Å². The molecule has 1 nitrogen and oxygen atoms in total. The second kappa shape index (κ2) is 4.20. The number of pyridine rings is 1. The van der Waals surface area contributed by atoms with Gasteiger partial charge in [-0.1, -0.05) is 26.8 Å². The third-order valence-corrected chi connectivity index (χ3v) is 2.84. The molecule has 0 aliphatic heterocycles. The molecule has 0 saturated heterocycles. The van der Waals surface area contributed by atoms with Crippen LogP contribution in [-0.2, 0) is 6.42 Å². The van der Waals surface area contributed by atoms with Crippen LogP contribution in [0, 0.1) is 5.82 Å². The van der Waals surface area contributed by atoms with E-state index < -0.39 is 0 Å². The Morgan fingerprint density at radius 2 is 2.00 bits per heavy atom. The molecule has 16 heavy (non-hydrogen) atoms. The van der Waals surface area contributed by atoms with E-state index in [1.165, 1.54) is 0 Å². The first-order valence-corrected chi connectivity index (χ1v) is 5.71. The molecular formula is C14H16FN. The first-order chi connectivity index (χ1) is 7.61. The van der Waals surface area contributed by atoms with Crippen LogP contribution in [0.4, 0.5) is 4.39 Å². The molecule has 1 aromatic carbocycles. The molecular weight excluding hydrogens is 201 g/mol. The van der Waals surface area contributed by atoms with Gasteiger partial charge in [0.05, 0.1) is 5.52 Å². The summed E-state index contributed by atoms with van der Waals surface area (Å²) in [5, 5.41) is 0.628. The van der Waals surface area contributed by atoms with E-state index in [0.29, 0.717) is 5.39 Å². The van der Waals surface area contributed by atoms with E-state index in [0.717, 1.165) is 23.2 Å². The lowest BCUT2D eigenvalue weighted by molar-refractivity contribution is 0.632. The van der Waals surface area contributed by atoms with Crippen molar-refractivity contribution in [2.24, 2.45) is 0 Å². The molecule has 0 unspecified atom stereocenters. The summed E-state index contributed by atoms with van der Waals surface area (Å²) in [6, 6.07) is 7.36. The first-order valence-electron chi connectivity index (χ1n) is 5.71. The fourth-order valence-corrected chi connectivity index (χ4v) is 1.77. The summed E-state index contributed by atoms with van der Waals surface area (Å²) in [6.45, 7) is 6.11. The topological polar surface area (TPSA) is 12.9 Å². The van der Waals surface area contributed by atoms with Crippen LogP contribution < -0.4 is 0 Å². The van der Waals surface area contributed by atoms with E-state index in [1.54, 1.807) is 6.07 Å². The Hall–Kier alpha value is -1.44. The molecule has 0 radical (unpaired) electrons. The van der Waals surface area contributed by atoms with Crippen LogP contribution in [0.2, 0.25) is 0 Å². The van der Waals surface area contributed by atoms with E-state index in [4.69, 9.17) is 0 Å². The average molecular weight is 217 g/mol. The molecule has 2 heteroatoms. The number of nitrogens with zero attached hydrogens (tertiary/aromatic N) is 1. The lowest BCUT2D eigenvalue weighted by Crippen LogP contribution is -1.96. The molecule has 0 saturated carbocycles. The minimum Gasteiger partial charge on any atom is -0.252 e. The van der Waals surface area contributed by atoms with Crippen molar-refractivity contribution in [3.63, 3.8) is 0 Å². The van der Waals surface area contributed by atoms with Crippen LogP contribution in [0.3, 0.4) is 0 Å². The van der Waals surface area contributed by atoms with Crippen LogP contribution in [0.25, 0.3) is 10.9 Å². The average Bonchev–Trinajstić information content (AvgIpc) is 2.28. The van der Waals surface area contributed by atoms with Crippen LogP contribution in [0.1, 0.15) is 37.9 Å². The molecule has 0 fully saturated rings. The van der Waals surface area contributed by atoms with Crippen LogP contribution >= 0.6 is 0 Å². The highest BCUT2D eigenvalue weighted by atomic mass is 19.1. The maximum Gasteiger partial charge on any atom is 0.134 e. The number of fused-ring (bicyclic) bond motifs is 1. The summed E-state index contributed by atoms with van der Waals surface area (Å²) in [5.74, 6) is 0.0914. The van der Waals surface area contributed by atoms with Crippen molar-refractivity contribution in [1.29, 1.82) is 0 Å². The van der Waals surface area contributed by atoms with E-state index in [9.17, 15) is 4.39 Å². The van der Waals surface area contributed by atoms with E-state index in [-0.39, 0.29) is 11.7 Å². The molecule has 0 bridgehead atoms. The van der Waals surface area contributed by atoms with Gasteiger partial charge in [-0.15, -0.1) is 0 Å². The second-order valence-electron chi connectivity index (χ2n) is 4.39. The minimum atomic E-state index is -0.163. The van der Waals surface area contributed by atoms with Crippen molar-refractivity contribution < 1.29 is 4.39 Å². The standard InChI is InChI=1S/C14H16FN/c1-4-10-5-6-13-11(7-10)12(15)8-14(16-13)9(2)3/h5-9H,4H2,1-3H3. The monoisotopic (exact) mass is 217 g/mol. The van der Waals surface area contributed by atoms with Gasteiger partial charge in [-0.3, -0.25) is 4.98 Å². The van der Waals surface area contributed by atoms with Gasteiger partial charge in [-0.2, -0.15) is 0 Å². The van der Waals surface area contributed by atoms with Crippen LogP contribution in [-0.4, -0.2) is 4.98 Å². The number of hydrogen-bond acceptors (Lipinski definition) is 1. The number of benzene rings is 1. The lowest BCUT2D eigenvalue weighted by atomic mass is 10.1. The molecule has 0 amide bonds. The van der Waals surface area contributed by atoms with Gasteiger partial charge in [0.2, 0.25) is 0 Å². The van der Waals surface area contributed by atoms with Crippen molar-refractivity contribution in [2.75, 3.05) is 0 Å². The predicted octanol–water partition coefficient (Wildman–Crippen LogP) is 4.06. The van der Waals surface area contributed by atoms with Gasteiger partial charge in [0.1, 0.15) is 5.82 Å². The SMILES string of the molecule is CCc1ccc2nc(C(C)C)cc(F)c2c1. The molecule has 0 aliphatic carbocycles. The fraction of sp³-hybridized carbons (Fsp3) is 0.357. The van der Waals surface area contributed by atoms with Crippen molar-refractivity contribution in [1.82, 2.24) is 4.98 Å². The summed E-state index contributed by atoms with van der Waals surface area (Å²) in [6.07, 6.45) is 0.918. The zero-order valence-corrected chi connectivity index (χ0v) is 9.92. The van der Waals surface area contributed by atoms with Gasteiger partial charge in [0.15, 0.2) is 0 Å². The normalized spacial score (nSPS) is 11.3. The first kappa shape index (κ1) is 11.1. The number of hydrogen-bond donors (Lipinski definition) is 0. The summed E-state index contributed by atoms with van der Waals surface area (Å²) < 4.78 is 13.9. The molecule has 0 aliphatic rings. The van der Waals surface area contributed by atoms with Crippen LogP contribution in [0.15, 0.2) is 24.3 Å². The predicted molar refractivity (Wildman–Crippen MR) is 65.2 cm³/mol. The van der Waals surface area contributed by atoms with Crippen molar-refractivity contribution >= 4 is 10.9 Å². The van der Waals surface area contributed by atoms with Gasteiger partial charge in [0, 0.05) is 11.1 Å². The van der Waals surface area contributed by atoms with Crippen LogP contribution in [0.5, 0.6) is 0 Å². The Morgan fingerprint density at radius 1 is 1.25 bits per heavy atom. The third kappa shape index (κ3) is 1.92. The van der Waals surface area contributed by atoms with Crippen molar-refractivity contribution in [2.45, 2.75) is 33.1 Å². The largest absolute Gasteiger partial charge is 0.252 e. The third-order valence-electron chi connectivity index (χ3n) is 2.84. The Morgan fingerprint density at radius 3 is 2.62 bits per heavy atom. The molecule has 1 aromatic heterocycles. The number of rotatable bonds is 2. The highest BCUT2D eigenvalue weighted by Gasteiger charge is 2.08. The highest BCUT2D eigenvalue weighted by Crippen LogP contribution is 2.22. The highest BCUT2D eigenvalue weighted by molar-refractivity contribution is 5.80. The summed E-state index contributed by atoms with van der Waals surface area (Å²) >= 11 is 0. The number of aromatic nitrogens is 1. The summed E-state index contributed by atoms with van der Waals surface area (Å²) in [7, 11) is 0. The quantitative estimate of drug-likeness (QED) is 0.739. The summed E-state index contributed by atoms with van der Waals surface area (Å²) in [4.78, 5) is 4.47. The van der Waals surface area contributed by atoms with Gasteiger partial charge in [0.25, 0.3) is 0 Å². The zero-order chi connectivity index (χ0) is 11.7. The van der Waals surface area contributed by atoms with Crippen molar-refractivity contribution in [3.8, 4) is 0 Å². The number of halogens is 1. The van der Waals surface area contributed by atoms with E-state index in [2.05, 4.69) is 11.9 Å². The van der Waals surface area contributed by atoms with Gasteiger partial charge in [-0.05, 0) is 36.1 Å². The molecule has 0 atom stereocenters. The minimum absolute atomic E-state index is 0.163. The molecule has 2 rings (SSSR count). The van der Waals surface area contributed by atoms with E-state index in [1.807, 2.05) is 32.0 Å². The smallest absolute Gasteiger partial charge is 0.134 e. The number of aryl methyl sites for hydroxylation is 1. The summed E-state index contributed by atoms with van der Waals surface area (Å²) in [5.41, 5.74) is 2.71. The zero-order valence-electron chi connectivity index (χ0n) is 9.92. The molecule has 1 heterocycles. The lowest BCUT2D eigenvalue weighted by Gasteiger charge is -2.08. The Bertz CT molecular complexity index is 517. The van der Waals surface area contributed by atoms with Gasteiger partial charge >= 0.3 is 0 Å². The van der Waals surface area contributed by atoms with Crippen molar-refractivity contribution in [3.05, 3.63) is 41.3 Å². The fourth-order valence-electron chi connectivity index (χ4n) is 1.77.